The van der Waals surface area contributed by atoms with Gasteiger partial charge in [0.05, 0.1) is 6.20 Å². The maximum absolute atomic E-state index is 11.2. The molecule has 3 heteroatoms. The van der Waals surface area contributed by atoms with E-state index in [1.165, 1.54) is 5.56 Å². The molecule has 1 heterocycles. The van der Waals surface area contributed by atoms with E-state index in [1.807, 2.05) is 42.2 Å². The fourth-order valence-corrected chi connectivity index (χ4v) is 1.88. The van der Waals surface area contributed by atoms with E-state index < -0.39 is 0 Å². The molecule has 18 heavy (non-hydrogen) atoms. The van der Waals surface area contributed by atoms with Gasteiger partial charge < -0.3 is 0 Å². The van der Waals surface area contributed by atoms with E-state index in [1.54, 1.807) is 0 Å². The summed E-state index contributed by atoms with van der Waals surface area (Å²) in [5.41, 5.74) is 2.30. The molecule has 0 amide bonds. The summed E-state index contributed by atoms with van der Waals surface area (Å²) in [6.07, 6.45) is 6.05. The zero-order valence-corrected chi connectivity index (χ0v) is 10.7. The Morgan fingerprint density at radius 3 is 2.72 bits per heavy atom. The molecule has 0 saturated carbocycles. The first kappa shape index (κ1) is 12.6. The molecule has 0 bridgehead atoms. The van der Waals surface area contributed by atoms with E-state index in [0.717, 1.165) is 18.5 Å². The largest absolute Gasteiger partial charge is 0.300 e. The summed E-state index contributed by atoms with van der Waals surface area (Å²) in [5.74, 6) is 0.324. The molecule has 2 rings (SSSR count). The third-order valence-electron chi connectivity index (χ3n) is 2.98. The van der Waals surface area contributed by atoms with Crippen molar-refractivity contribution >= 4 is 5.78 Å². The molecule has 0 unspecified atom stereocenters. The number of benzene rings is 1. The van der Waals surface area contributed by atoms with Crippen LogP contribution in [0.25, 0.3) is 11.1 Å². The van der Waals surface area contributed by atoms with Crippen LogP contribution in [0.2, 0.25) is 0 Å². The maximum Gasteiger partial charge on any atom is 0.132 e. The molecule has 3 nitrogen and oxygen atoms in total. The summed E-state index contributed by atoms with van der Waals surface area (Å²) >= 11 is 0. The van der Waals surface area contributed by atoms with Gasteiger partial charge in [0.1, 0.15) is 5.78 Å². The van der Waals surface area contributed by atoms with Gasteiger partial charge in [-0.05, 0) is 12.0 Å². The van der Waals surface area contributed by atoms with Crippen molar-refractivity contribution in [3.63, 3.8) is 0 Å². The Morgan fingerprint density at radius 2 is 2.00 bits per heavy atom. The minimum absolute atomic E-state index is 0.324. The van der Waals surface area contributed by atoms with Gasteiger partial charge in [0, 0.05) is 31.1 Å². The second-order valence-electron chi connectivity index (χ2n) is 4.35. The fraction of sp³-hybridized carbons (Fsp3) is 0.333. The maximum atomic E-state index is 11.2. The van der Waals surface area contributed by atoms with Gasteiger partial charge in [-0.3, -0.25) is 9.48 Å². The third kappa shape index (κ3) is 3.29. The summed E-state index contributed by atoms with van der Waals surface area (Å²) < 4.78 is 1.91. The molecule has 0 aliphatic carbocycles. The van der Waals surface area contributed by atoms with Crippen molar-refractivity contribution in [2.24, 2.45) is 0 Å². The number of carbonyl (C=O) groups is 1. The molecule has 0 N–H and O–H groups in total. The van der Waals surface area contributed by atoms with E-state index in [2.05, 4.69) is 17.2 Å². The molecule has 1 aromatic heterocycles. The summed E-state index contributed by atoms with van der Waals surface area (Å²) in [6.45, 7) is 2.71. The first-order valence-electron chi connectivity index (χ1n) is 6.39. The van der Waals surface area contributed by atoms with Gasteiger partial charge in [0.2, 0.25) is 0 Å². The number of hydrogen-bond acceptors (Lipinski definition) is 2. The van der Waals surface area contributed by atoms with Crippen LogP contribution in [0, 0.1) is 0 Å². The lowest BCUT2D eigenvalue weighted by Crippen LogP contribution is -2.02. The van der Waals surface area contributed by atoms with Crippen LogP contribution in [0.4, 0.5) is 0 Å². The van der Waals surface area contributed by atoms with Crippen molar-refractivity contribution in [3.05, 3.63) is 42.7 Å². The average Bonchev–Trinajstić information content (AvgIpc) is 2.88. The number of carbonyl (C=O) groups excluding carboxylic acids is 1. The van der Waals surface area contributed by atoms with Crippen LogP contribution in [0.3, 0.4) is 0 Å². The van der Waals surface area contributed by atoms with Gasteiger partial charge in [-0.1, -0.05) is 37.3 Å². The van der Waals surface area contributed by atoms with E-state index in [-0.39, 0.29) is 0 Å². The minimum atomic E-state index is 0.324. The van der Waals surface area contributed by atoms with Gasteiger partial charge in [-0.2, -0.15) is 5.10 Å². The number of aryl methyl sites for hydroxylation is 1. The first-order valence-corrected chi connectivity index (χ1v) is 6.39. The van der Waals surface area contributed by atoms with E-state index in [0.29, 0.717) is 18.6 Å². The molecule has 0 atom stereocenters. The Bertz CT molecular complexity index is 502. The van der Waals surface area contributed by atoms with Crippen LogP contribution >= 0.6 is 0 Å². The lowest BCUT2D eigenvalue weighted by atomic mass is 10.1. The molecule has 0 radical (unpaired) electrons. The van der Waals surface area contributed by atoms with Gasteiger partial charge in [0.15, 0.2) is 0 Å². The second kappa shape index (κ2) is 6.15. The number of rotatable bonds is 6. The van der Waals surface area contributed by atoms with Crippen LogP contribution in [-0.2, 0) is 11.3 Å². The summed E-state index contributed by atoms with van der Waals surface area (Å²) in [7, 11) is 0. The highest BCUT2D eigenvalue weighted by Gasteiger charge is 2.02. The Labute approximate surface area is 107 Å². The number of nitrogens with zero attached hydrogens (tertiary/aromatic N) is 2. The Balaban J connectivity index is 1.93. The predicted molar refractivity (Wildman–Crippen MR) is 72.2 cm³/mol. The average molecular weight is 242 g/mol. The van der Waals surface area contributed by atoms with Crippen LogP contribution in [-0.4, -0.2) is 15.6 Å². The van der Waals surface area contributed by atoms with E-state index in [9.17, 15) is 4.79 Å². The fourth-order valence-electron chi connectivity index (χ4n) is 1.88. The lowest BCUT2D eigenvalue weighted by molar-refractivity contribution is -0.118. The number of aromatic nitrogens is 2. The number of ketones is 1. The first-order chi connectivity index (χ1) is 8.79. The van der Waals surface area contributed by atoms with E-state index in [4.69, 9.17) is 0 Å². The molecular formula is C15H18N2O. The highest BCUT2D eigenvalue weighted by Crippen LogP contribution is 2.17. The van der Waals surface area contributed by atoms with Crippen molar-refractivity contribution in [3.8, 4) is 11.1 Å². The van der Waals surface area contributed by atoms with Crippen LogP contribution in [0.15, 0.2) is 42.7 Å². The standard InChI is InChI=1S/C15H18N2O/c1-2-15(18)9-6-10-17-12-14(11-16-17)13-7-4-3-5-8-13/h3-5,7-8,11-12H,2,6,9-10H2,1H3. The number of Topliss-reactive ketones (excluding diaryl/α,β-unsaturated/α-hetero) is 1. The van der Waals surface area contributed by atoms with Gasteiger partial charge in [0.25, 0.3) is 0 Å². The van der Waals surface area contributed by atoms with Crippen molar-refractivity contribution in [1.29, 1.82) is 0 Å². The predicted octanol–water partition coefficient (Wildman–Crippen LogP) is 3.31. The molecule has 94 valence electrons. The van der Waals surface area contributed by atoms with E-state index >= 15 is 0 Å². The smallest absolute Gasteiger partial charge is 0.132 e. The quantitative estimate of drug-likeness (QED) is 0.779. The number of hydrogen-bond donors (Lipinski definition) is 0. The highest BCUT2D eigenvalue weighted by atomic mass is 16.1. The lowest BCUT2D eigenvalue weighted by Gasteiger charge is -2.00. The highest BCUT2D eigenvalue weighted by molar-refractivity contribution is 5.77. The molecule has 0 aliphatic heterocycles. The van der Waals surface area contributed by atoms with Gasteiger partial charge in [-0.15, -0.1) is 0 Å². The van der Waals surface area contributed by atoms with Crippen LogP contribution in [0.1, 0.15) is 26.2 Å². The van der Waals surface area contributed by atoms with Gasteiger partial charge in [-0.25, -0.2) is 0 Å². The summed E-state index contributed by atoms with van der Waals surface area (Å²) in [6, 6.07) is 10.2. The molecule has 0 aliphatic rings. The Kier molecular flexibility index (Phi) is 4.29. The monoisotopic (exact) mass is 242 g/mol. The molecular weight excluding hydrogens is 224 g/mol. The minimum Gasteiger partial charge on any atom is -0.300 e. The van der Waals surface area contributed by atoms with Crippen LogP contribution in [0.5, 0.6) is 0 Å². The van der Waals surface area contributed by atoms with Crippen molar-refractivity contribution in [2.45, 2.75) is 32.7 Å². The normalized spacial score (nSPS) is 10.5. The third-order valence-corrected chi connectivity index (χ3v) is 2.98. The van der Waals surface area contributed by atoms with Crippen molar-refractivity contribution in [2.75, 3.05) is 0 Å². The zero-order chi connectivity index (χ0) is 12.8. The molecule has 2 aromatic rings. The Morgan fingerprint density at radius 1 is 1.22 bits per heavy atom. The molecule has 0 spiro atoms. The molecule has 1 aromatic carbocycles. The molecule has 0 fully saturated rings. The molecule has 0 saturated heterocycles. The van der Waals surface area contributed by atoms with Crippen LogP contribution < -0.4 is 0 Å². The van der Waals surface area contributed by atoms with Crippen molar-refractivity contribution < 1.29 is 4.79 Å². The second-order valence-corrected chi connectivity index (χ2v) is 4.35. The SMILES string of the molecule is CCC(=O)CCCn1cc(-c2ccccc2)cn1. The van der Waals surface area contributed by atoms with Gasteiger partial charge >= 0.3 is 0 Å². The topological polar surface area (TPSA) is 34.9 Å². The van der Waals surface area contributed by atoms with Crippen molar-refractivity contribution in [1.82, 2.24) is 9.78 Å². The summed E-state index contributed by atoms with van der Waals surface area (Å²) in [5, 5.41) is 4.32. The zero-order valence-electron chi connectivity index (χ0n) is 10.7. The Hall–Kier alpha value is -1.90. The summed E-state index contributed by atoms with van der Waals surface area (Å²) in [4.78, 5) is 11.2.